The van der Waals surface area contributed by atoms with E-state index in [9.17, 15) is 9.59 Å². The first-order chi connectivity index (χ1) is 12.4. The summed E-state index contributed by atoms with van der Waals surface area (Å²) >= 11 is 12.1. The molecule has 26 heavy (non-hydrogen) atoms. The maximum absolute atomic E-state index is 12.2. The molecule has 0 aliphatic heterocycles. The van der Waals surface area contributed by atoms with E-state index >= 15 is 0 Å². The monoisotopic (exact) mass is 397 g/mol. The van der Waals surface area contributed by atoms with E-state index in [0.717, 1.165) is 5.56 Å². The fraction of sp³-hybridized carbons (Fsp3) is 0.333. The van der Waals surface area contributed by atoms with Gasteiger partial charge in [0.25, 0.3) is 0 Å². The molecule has 0 fully saturated rings. The smallest absolute Gasteiger partial charge is 0.239 e. The van der Waals surface area contributed by atoms with Crippen LogP contribution in [0, 0.1) is 0 Å². The summed E-state index contributed by atoms with van der Waals surface area (Å²) in [5.41, 5.74) is 0.850. The first-order valence-electron chi connectivity index (χ1n) is 8.08. The Hall–Kier alpha value is -2.02. The van der Waals surface area contributed by atoms with Crippen molar-refractivity contribution in [2.24, 2.45) is 0 Å². The second kappa shape index (κ2) is 9.62. The van der Waals surface area contributed by atoms with Crippen molar-refractivity contribution in [3.8, 4) is 0 Å². The third-order valence-electron chi connectivity index (χ3n) is 3.83. The minimum Gasteiger partial charge on any atom is -0.467 e. The highest BCUT2D eigenvalue weighted by molar-refractivity contribution is 6.35. The van der Waals surface area contributed by atoms with Gasteiger partial charge in [0.2, 0.25) is 11.8 Å². The van der Waals surface area contributed by atoms with Gasteiger partial charge in [-0.25, -0.2) is 0 Å². The Labute approximate surface area is 162 Å². The summed E-state index contributed by atoms with van der Waals surface area (Å²) in [4.78, 5) is 25.5. The van der Waals surface area contributed by atoms with E-state index in [2.05, 4.69) is 10.6 Å². The Kier molecular flexibility index (Phi) is 7.50. The van der Waals surface area contributed by atoms with Gasteiger partial charge in [-0.15, -0.1) is 0 Å². The van der Waals surface area contributed by atoms with Crippen LogP contribution in [0.1, 0.15) is 24.3 Å². The molecule has 0 aliphatic rings. The number of nitrogens with one attached hydrogen (secondary N) is 2. The molecule has 0 bridgehead atoms. The van der Waals surface area contributed by atoms with Crippen LogP contribution in [0.4, 0.5) is 0 Å². The van der Waals surface area contributed by atoms with E-state index in [4.69, 9.17) is 27.6 Å². The molecule has 1 aromatic carbocycles. The van der Waals surface area contributed by atoms with Crippen LogP contribution in [-0.4, -0.2) is 36.9 Å². The summed E-state index contributed by atoms with van der Waals surface area (Å²) in [6.07, 6.45) is 1.54. The molecular formula is C18H21Cl2N3O3. The van der Waals surface area contributed by atoms with Gasteiger partial charge in [-0.2, -0.15) is 0 Å². The van der Waals surface area contributed by atoms with Crippen molar-refractivity contribution >= 4 is 35.0 Å². The molecule has 2 aromatic rings. The lowest BCUT2D eigenvalue weighted by Gasteiger charge is -2.20. The summed E-state index contributed by atoms with van der Waals surface area (Å²) in [5, 5.41) is 6.89. The number of carbonyl (C=O) groups excluding carboxylic acids is 2. The van der Waals surface area contributed by atoms with E-state index in [1.54, 1.807) is 31.3 Å². The molecular weight excluding hydrogens is 377 g/mol. The normalized spacial score (nSPS) is 11.8. The van der Waals surface area contributed by atoms with Gasteiger partial charge < -0.3 is 20.0 Å². The quantitative estimate of drug-likeness (QED) is 0.717. The van der Waals surface area contributed by atoms with Crippen molar-refractivity contribution in [1.29, 1.82) is 0 Å². The Morgan fingerprint density at radius 2 is 2.04 bits per heavy atom. The maximum Gasteiger partial charge on any atom is 0.239 e. The van der Waals surface area contributed by atoms with Gasteiger partial charge >= 0.3 is 0 Å². The van der Waals surface area contributed by atoms with Gasteiger partial charge in [-0.3, -0.25) is 9.59 Å². The molecule has 8 heteroatoms. The zero-order valence-corrected chi connectivity index (χ0v) is 16.1. The van der Waals surface area contributed by atoms with E-state index in [0.29, 0.717) is 15.8 Å². The molecule has 140 valence electrons. The van der Waals surface area contributed by atoms with Crippen molar-refractivity contribution < 1.29 is 14.0 Å². The number of carbonyl (C=O) groups is 2. The predicted molar refractivity (Wildman–Crippen MR) is 101 cm³/mol. The van der Waals surface area contributed by atoms with Crippen LogP contribution in [0.5, 0.6) is 0 Å². The van der Waals surface area contributed by atoms with Crippen LogP contribution in [0.15, 0.2) is 41.0 Å². The standard InChI is InChI=1S/C18H21Cl2N3O3/c1-12(15-6-5-13(19)8-16(15)20)21-10-18(25)23(2)11-17(24)22-9-14-4-3-7-26-14/h3-8,12,21H,9-11H2,1-2H3,(H,22,24)/t12-/m0/s1. The van der Waals surface area contributed by atoms with Crippen LogP contribution in [-0.2, 0) is 16.1 Å². The van der Waals surface area contributed by atoms with Crippen LogP contribution in [0.25, 0.3) is 0 Å². The van der Waals surface area contributed by atoms with E-state index in [-0.39, 0.29) is 37.5 Å². The number of hydrogen-bond acceptors (Lipinski definition) is 4. The molecule has 0 saturated carbocycles. The van der Waals surface area contributed by atoms with Gasteiger partial charge in [0.15, 0.2) is 0 Å². The maximum atomic E-state index is 12.2. The number of likely N-dealkylation sites (N-methyl/N-ethyl adjacent to an activating group) is 1. The van der Waals surface area contributed by atoms with Gasteiger partial charge in [-0.05, 0) is 36.8 Å². The zero-order chi connectivity index (χ0) is 19.1. The van der Waals surface area contributed by atoms with Crippen molar-refractivity contribution in [2.75, 3.05) is 20.1 Å². The number of halogens is 2. The molecule has 0 radical (unpaired) electrons. The largest absolute Gasteiger partial charge is 0.467 e. The average Bonchev–Trinajstić information content (AvgIpc) is 3.11. The third kappa shape index (κ3) is 6.05. The summed E-state index contributed by atoms with van der Waals surface area (Å²) in [7, 11) is 1.58. The lowest BCUT2D eigenvalue weighted by molar-refractivity contribution is -0.134. The Balaban J connectivity index is 1.76. The SMILES string of the molecule is C[C@H](NCC(=O)N(C)CC(=O)NCc1ccco1)c1ccc(Cl)cc1Cl. The van der Waals surface area contributed by atoms with Gasteiger partial charge in [0.05, 0.1) is 25.9 Å². The third-order valence-corrected chi connectivity index (χ3v) is 4.40. The molecule has 2 rings (SSSR count). The number of hydrogen-bond donors (Lipinski definition) is 2. The van der Waals surface area contributed by atoms with Gasteiger partial charge in [0, 0.05) is 23.1 Å². The molecule has 0 spiro atoms. The first kappa shape index (κ1) is 20.3. The minimum atomic E-state index is -0.258. The van der Waals surface area contributed by atoms with Gasteiger partial charge in [0.1, 0.15) is 5.76 Å². The van der Waals surface area contributed by atoms with Crippen molar-refractivity contribution in [2.45, 2.75) is 19.5 Å². The first-order valence-corrected chi connectivity index (χ1v) is 8.83. The summed E-state index contributed by atoms with van der Waals surface area (Å²) in [5.74, 6) is 0.198. The van der Waals surface area contributed by atoms with E-state index < -0.39 is 0 Å². The molecule has 1 heterocycles. The predicted octanol–water partition coefficient (Wildman–Crippen LogP) is 3.01. The fourth-order valence-corrected chi connectivity index (χ4v) is 2.87. The Morgan fingerprint density at radius 1 is 1.27 bits per heavy atom. The number of amides is 2. The summed E-state index contributed by atoms with van der Waals surface area (Å²) in [6.45, 7) is 2.25. The Morgan fingerprint density at radius 3 is 2.69 bits per heavy atom. The molecule has 2 amide bonds. The lowest BCUT2D eigenvalue weighted by Crippen LogP contribution is -2.42. The van der Waals surface area contributed by atoms with Crippen LogP contribution in [0.3, 0.4) is 0 Å². The summed E-state index contributed by atoms with van der Waals surface area (Å²) in [6, 6.07) is 8.61. The van der Waals surface area contributed by atoms with Crippen molar-refractivity contribution in [3.05, 3.63) is 58.0 Å². The number of rotatable bonds is 8. The zero-order valence-electron chi connectivity index (χ0n) is 14.6. The van der Waals surface area contributed by atoms with Crippen molar-refractivity contribution in [1.82, 2.24) is 15.5 Å². The number of furan rings is 1. The van der Waals surface area contributed by atoms with Crippen LogP contribution in [0.2, 0.25) is 10.0 Å². The van der Waals surface area contributed by atoms with E-state index in [1.165, 1.54) is 11.2 Å². The minimum absolute atomic E-state index is 0.0305. The highest BCUT2D eigenvalue weighted by atomic mass is 35.5. The Bertz CT molecular complexity index is 750. The number of nitrogens with zero attached hydrogens (tertiary/aromatic N) is 1. The topological polar surface area (TPSA) is 74.6 Å². The van der Waals surface area contributed by atoms with Crippen LogP contribution < -0.4 is 10.6 Å². The van der Waals surface area contributed by atoms with Crippen molar-refractivity contribution in [3.63, 3.8) is 0 Å². The second-order valence-electron chi connectivity index (χ2n) is 5.87. The molecule has 0 aliphatic carbocycles. The molecule has 2 N–H and O–H groups in total. The molecule has 1 atom stereocenters. The number of benzene rings is 1. The van der Waals surface area contributed by atoms with Crippen LogP contribution >= 0.6 is 23.2 Å². The lowest BCUT2D eigenvalue weighted by atomic mass is 10.1. The average molecular weight is 398 g/mol. The highest BCUT2D eigenvalue weighted by Gasteiger charge is 2.15. The van der Waals surface area contributed by atoms with Gasteiger partial charge in [-0.1, -0.05) is 29.3 Å². The summed E-state index contributed by atoms with van der Waals surface area (Å²) < 4.78 is 5.14. The fourth-order valence-electron chi connectivity index (χ4n) is 2.30. The molecule has 6 nitrogen and oxygen atoms in total. The molecule has 0 unspecified atom stereocenters. The second-order valence-corrected chi connectivity index (χ2v) is 6.72. The molecule has 1 aromatic heterocycles. The van der Waals surface area contributed by atoms with E-state index in [1.807, 2.05) is 13.0 Å². The highest BCUT2D eigenvalue weighted by Crippen LogP contribution is 2.25. The molecule has 0 saturated heterocycles.